The Labute approximate surface area is 157 Å². The quantitative estimate of drug-likeness (QED) is 0.666. The molecule has 136 valence electrons. The van der Waals surface area contributed by atoms with Crippen molar-refractivity contribution < 1.29 is 4.39 Å². The van der Waals surface area contributed by atoms with Gasteiger partial charge in [-0.15, -0.1) is 0 Å². The van der Waals surface area contributed by atoms with Gasteiger partial charge in [0.25, 0.3) is 0 Å². The molecule has 2 aromatic heterocycles. The van der Waals surface area contributed by atoms with E-state index < -0.39 is 0 Å². The summed E-state index contributed by atoms with van der Waals surface area (Å²) in [5, 5.41) is 4.81. The summed E-state index contributed by atoms with van der Waals surface area (Å²) in [6.07, 6.45) is 2.93. The van der Waals surface area contributed by atoms with Gasteiger partial charge in [0.2, 0.25) is 0 Å². The maximum Gasteiger partial charge on any atom is 0.141 e. The van der Waals surface area contributed by atoms with Crippen molar-refractivity contribution in [2.45, 2.75) is 33.5 Å². The van der Waals surface area contributed by atoms with Crippen LogP contribution in [0, 0.1) is 5.82 Å². The number of benzene rings is 1. The molecule has 0 spiro atoms. The third kappa shape index (κ3) is 3.53. The molecule has 6 heteroatoms. The number of halogens is 2. The van der Waals surface area contributed by atoms with E-state index >= 15 is 0 Å². The van der Waals surface area contributed by atoms with E-state index in [0.29, 0.717) is 24.7 Å². The van der Waals surface area contributed by atoms with Crippen molar-refractivity contribution in [3.05, 3.63) is 71.0 Å². The Bertz CT molecular complexity index is 935. The molecule has 1 aliphatic heterocycles. The van der Waals surface area contributed by atoms with Gasteiger partial charge in [0.1, 0.15) is 5.82 Å². The van der Waals surface area contributed by atoms with Gasteiger partial charge in [-0.1, -0.05) is 32.0 Å². The molecule has 3 heterocycles. The van der Waals surface area contributed by atoms with Gasteiger partial charge in [-0.05, 0) is 36.0 Å². The molecule has 0 saturated heterocycles. The van der Waals surface area contributed by atoms with Crippen LogP contribution in [0.3, 0.4) is 0 Å². The highest BCUT2D eigenvalue weighted by atomic mass is 35.5. The first-order valence-corrected chi connectivity index (χ1v) is 9.05. The number of nitrogens with one attached hydrogen (secondary N) is 2. The Morgan fingerprint density at radius 1 is 1.31 bits per heavy atom. The number of nitrogens with zero attached hydrogens (tertiary/aromatic N) is 2. The number of hydrogen-bond acceptors (Lipinski definition) is 3. The average Bonchev–Trinajstić information content (AvgIpc) is 3.23. The van der Waals surface area contributed by atoms with E-state index in [-0.39, 0.29) is 5.82 Å². The normalized spacial score (nSPS) is 12.5. The summed E-state index contributed by atoms with van der Waals surface area (Å²) in [6.45, 7) is 9.57. The lowest BCUT2D eigenvalue weighted by molar-refractivity contribution is 0.618. The van der Waals surface area contributed by atoms with E-state index in [9.17, 15) is 4.39 Å². The SMILES string of the molecule is C=CNCc1cc2cc(Cl)c(N3Cc4cc(F)cnc4C3)cc2[nH]1.CC. The van der Waals surface area contributed by atoms with Crippen LogP contribution in [0.2, 0.25) is 5.02 Å². The Morgan fingerprint density at radius 2 is 2.12 bits per heavy atom. The minimum absolute atomic E-state index is 0.305. The third-order valence-electron chi connectivity index (χ3n) is 4.25. The van der Waals surface area contributed by atoms with Crippen molar-refractivity contribution in [1.29, 1.82) is 0 Å². The lowest BCUT2D eigenvalue weighted by atomic mass is 10.2. The van der Waals surface area contributed by atoms with E-state index in [2.05, 4.69) is 32.8 Å². The summed E-state index contributed by atoms with van der Waals surface area (Å²) in [4.78, 5) is 9.67. The molecule has 2 N–H and O–H groups in total. The number of aromatic amines is 1. The second kappa shape index (κ2) is 7.79. The Balaban J connectivity index is 0.000000948. The molecule has 0 amide bonds. The first-order valence-electron chi connectivity index (χ1n) is 8.68. The molecule has 4 rings (SSSR count). The van der Waals surface area contributed by atoms with E-state index in [0.717, 1.165) is 33.5 Å². The summed E-state index contributed by atoms with van der Waals surface area (Å²) in [6, 6.07) is 7.61. The highest BCUT2D eigenvalue weighted by Crippen LogP contribution is 2.35. The van der Waals surface area contributed by atoms with Crippen molar-refractivity contribution in [2.75, 3.05) is 4.90 Å². The van der Waals surface area contributed by atoms with E-state index in [1.165, 1.54) is 6.20 Å². The number of H-pyrrole nitrogens is 1. The van der Waals surface area contributed by atoms with Crippen molar-refractivity contribution in [3.63, 3.8) is 0 Å². The van der Waals surface area contributed by atoms with Crippen molar-refractivity contribution >= 4 is 28.2 Å². The number of pyridine rings is 1. The van der Waals surface area contributed by atoms with Crippen molar-refractivity contribution in [2.24, 2.45) is 0 Å². The van der Waals surface area contributed by atoms with Crippen LogP contribution in [-0.4, -0.2) is 9.97 Å². The van der Waals surface area contributed by atoms with Crippen molar-refractivity contribution in [3.8, 4) is 0 Å². The van der Waals surface area contributed by atoms with E-state index in [1.54, 1.807) is 12.3 Å². The maximum atomic E-state index is 13.4. The van der Waals surface area contributed by atoms with Gasteiger partial charge in [0, 0.05) is 23.1 Å². The average molecular weight is 373 g/mol. The van der Waals surface area contributed by atoms with E-state index in [4.69, 9.17) is 11.6 Å². The Kier molecular flexibility index (Phi) is 5.47. The lowest BCUT2D eigenvalue weighted by Crippen LogP contribution is -2.15. The minimum atomic E-state index is -0.305. The number of fused-ring (bicyclic) bond motifs is 2. The molecule has 0 saturated carbocycles. The minimum Gasteiger partial charge on any atom is -0.386 e. The summed E-state index contributed by atoms with van der Waals surface area (Å²) in [5.74, 6) is -0.305. The zero-order chi connectivity index (χ0) is 18.7. The Morgan fingerprint density at radius 3 is 2.88 bits per heavy atom. The van der Waals surface area contributed by atoms with Crippen LogP contribution in [0.5, 0.6) is 0 Å². The molecular formula is C20H22ClFN4. The second-order valence-corrected chi connectivity index (χ2v) is 6.29. The summed E-state index contributed by atoms with van der Waals surface area (Å²) >= 11 is 6.49. The molecule has 4 nitrogen and oxygen atoms in total. The number of anilines is 1. The zero-order valence-electron chi connectivity index (χ0n) is 14.9. The molecule has 0 unspecified atom stereocenters. The van der Waals surface area contributed by atoms with Gasteiger partial charge in [0.15, 0.2) is 0 Å². The zero-order valence-corrected chi connectivity index (χ0v) is 15.7. The molecule has 0 bridgehead atoms. The van der Waals surface area contributed by atoms with Gasteiger partial charge in [0.05, 0.1) is 35.7 Å². The summed E-state index contributed by atoms with van der Waals surface area (Å²) < 4.78 is 13.4. The third-order valence-corrected chi connectivity index (χ3v) is 4.55. The summed E-state index contributed by atoms with van der Waals surface area (Å²) in [5.41, 5.74) is 4.81. The smallest absolute Gasteiger partial charge is 0.141 e. The summed E-state index contributed by atoms with van der Waals surface area (Å²) in [7, 11) is 0. The fraction of sp³-hybridized carbons (Fsp3) is 0.250. The monoisotopic (exact) mass is 372 g/mol. The molecule has 3 aromatic rings. The molecule has 0 atom stereocenters. The van der Waals surface area contributed by atoms with Gasteiger partial charge < -0.3 is 15.2 Å². The number of rotatable bonds is 4. The van der Waals surface area contributed by atoms with Gasteiger partial charge in [-0.3, -0.25) is 4.98 Å². The largest absolute Gasteiger partial charge is 0.386 e. The second-order valence-electron chi connectivity index (χ2n) is 5.89. The van der Waals surface area contributed by atoms with Crippen LogP contribution in [0.1, 0.15) is 30.8 Å². The van der Waals surface area contributed by atoms with Crippen LogP contribution >= 0.6 is 11.6 Å². The van der Waals surface area contributed by atoms with Crippen LogP contribution in [0.15, 0.2) is 43.2 Å². The fourth-order valence-corrected chi connectivity index (χ4v) is 3.41. The molecule has 0 fully saturated rings. The fourth-order valence-electron chi connectivity index (χ4n) is 3.12. The predicted octanol–water partition coefficient (Wildman–Crippen LogP) is 5.13. The van der Waals surface area contributed by atoms with E-state index in [1.807, 2.05) is 26.0 Å². The maximum absolute atomic E-state index is 13.4. The first kappa shape index (κ1) is 18.3. The molecule has 0 radical (unpaired) electrons. The topological polar surface area (TPSA) is 44.0 Å². The number of aromatic nitrogens is 2. The van der Waals surface area contributed by atoms with Crippen LogP contribution in [0.4, 0.5) is 10.1 Å². The first-order chi connectivity index (χ1) is 12.6. The lowest BCUT2D eigenvalue weighted by Gasteiger charge is -2.19. The van der Waals surface area contributed by atoms with Crippen LogP contribution < -0.4 is 10.2 Å². The molecule has 1 aromatic carbocycles. The van der Waals surface area contributed by atoms with Gasteiger partial charge in [-0.2, -0.15) is 0 Å². The van der Waals surface area contributed by atoms with Gasteiger partial charge in [-0.25, -0.2) is 4.39 Å². The van der Waals surface area contributed by atoms with Crippen molar-refractivity contribution in [1.82, 2.24) is 15.3 Å². The molecule has 1 aliphatic rings. The standard InChI is InChI=1S/C18H16ClFN4.C2H6/c1-2-21-8-14-4-11-5-15(19)18(6-16(11)23-14)24-9-12-3-13(20)7-22-17(12)10-24;1-2/h2-7,21,23H,1,8-10H2;1-2H3. The number of hydrogen-bond donors (Lipinski definition) is 2. The highest BCUT2D eigenvalue weighted by Gasteiger charge is 2.23. The van der Waals surface area contributed by atoms with Gasteiger partial charge >= 0.3 is 0 Å². The van der Waals surface area contributed by atoms with Crippen LogP contribution in [0.25, 0.3) is 10.9 Å². The van der Waals surface area contributed by atoms with Crippen LogP contribution in [-0.2, 0) is 19.6 Å². The molecular weight excluding hydrogens is 351 g/mol. The Hall–Kier alpha value is -2.53. The highest BCUT2D eigenvalue weighted by molar-refractivity contribution is 6.34. The molecule has 0 aliphatic carbocycles. The predicted molar refractivity (Wildman–Crippen MR) is 106 cm³/mol. The molecule has 26 heavy (non-hydrogen) atoms.